The molecule has 0 aliphatic heterocycles. The molecule has 0 saturated heterocycles. The van der Waals surface area contributed by atoms with E-state index in [9.17, 15) is 4.79 Å². The minimum Gasteiger partial charge on any atom is -0.347 e. The largest absolute Gasteiger partial charge is 0.347 e. The van der Waals surface area contributed by atoms with Crippen LogP contribution in [0.2, 0.25) is 0 Å². The predicted molar refractivity (Wildman–Crippen MR) is 76.2 cm³/mol. The van der Waals surface area contributed by atoms with Gasteiger partial charge in [0.05, 0.1) is 4.88 Å². The molecule has 0 radical (unpaired) electrons. The topological polar surface area (TPSA) is 29.1 Å². The molecule has 94 valence electrons. The molecule has 4 heteroatoms. The zero-order valence-electron chi connectivity index (χ0n) is 10.1. The van der Waals surface area contributed by atoms with Gasteiger partial charge >= 0.3 is 0 Å². The van der Waals surface area contributed by atoms with E-state index in [1.165, 1.54) is 11.3 Å². The van der Waals surface area contributed by atoms with Crippen LogP contribution in [0.1, 0.15) is 25.7 Å². The molecule has 0 atom stereocenters. The second kappa shape index (κ2) is 6.03. The van der Waals surface area contributed by atoms with Gasteiger partial charge in [0.25, 0.3) is 5.91 Å². The molecule has 18 heavy (non-hydrogen) atoms. The number of carbonyl (C=O) groups is 1. The van der Waals surface area contributed by atoms with E-state index in [-0.39, 0.29) is 5.91 Å². The van der Waals surface area contributed by atoms with Crippen LogP contribution in [0, 0.1) is 6.92 Å². The van der Waals surface area contributed by atoms with Crippen molar-refractivity contribution in [3.05, 3.63) is 57.3 Å². The summed E-state index contributed by atoms with van der Waals surface area (Å²) in [6, 6.07) is 11.7. The van der Waals surface area contributed by atoms with Crippen molar-refractivity contribution in [2.24, 2.45) is 0 Å². The highest BCUT2D eigenvalue weighted by Gasteiger charge is 2.07. The van der Waals surface area contributed by atoms with E-state index in [1.807, 2.05) is 43.3 Å². The Morgan fingerprint density at radius 3 is 2.72 bits per heavy atom. The molecule has 0 spiro atoms. The number of rotatable bonds is 4. The van der Waals surface area contributed by atoms with Gasteiger partial charge in [-0.05, 0) is 30.2 Å². The number of amides is 1. The summed E-state index contributed by atoms with van der Waals surface area (Å²) in [5, 5.41) is 2.91. The summed E-state index contributed by atoms with van der Waals surface area (Å²) in [4.78, 5) is 13.8. The molecule has 2 rings (SSSR count). The van der Waals surface area contributed by atoms with Gasteiger partial charge in [-0.2, -0.15) is 0 Å². The van der Waals surface area contributed by atoms with E-state index < -0.39 is 0 Å². The Kier molecular flexibility index (Phi) is 4.39. The first-order valence-electron chi connectivity index (χ1n) is 5.67. The zero-order chi connectivity index (χ0) is 13.0. The third-order valence-corrected chi connectivity index (χ3v) is 3.87. The number of carbonyl (C=O) groups excluding carboxylic acids is 1. The van der Waals surface area contributed by atoms with Crippen molar-refractivity contribution >= 4 is 28.8 Å². The minimum atomic E-state index is -0.0237. The van der Waals surface area contributed by atoms with Crippen LogP contribution in [0.3, 0.4) is 0 Å². The molecule has 1 amide bonds. The third kappa shape index (κ3) is 3.34. The van der Waals surface area contributed by atoms with Gasteiger partial charge in [-0.15, -0.1) is 22.9 Å². The van der Waals surface area contributed by atoms with Crippen molar-refractivity contribution in [2.45, 2.75) is 19.3 Å². The van der Waals surface area contributed by atoms with Crippen LogP contribution in [-0.2, 0) is 12.4 Å². The number of halogens is 1. The van der Waals surface area contributed by atoms with Crippen LogP contribution in [0.4, 0.5) is 0 Å². The van der Waals surface area contributed by atoms with Gasteiger partial charge in [0, 0.05) is 17.3 Å². The molecule has 0 aliphatic carbocycles. The maximum Gasteiger partial charge on any atom is 0.261 e. The fourth-order valence-electron chi connectivity index (χ4n) is 1.65. The monoisotopic (exact) mass is 279 g/mol. The molecule has 1 N–H and O–H groups in total. The number of alkyl halides is 1. The summed E-state index contributed by atoms with van der Waals surface area (Å²) >= 11 is 7.28. The second-order valence-corrected chi connectivity index (χ2v) is 5.60. The second-order valence-electron chi connectivity index (χ2n) is 4.05. The minimum absolute atomic E-state index is 0.0237. The SMILES string of the molecule is Cc1ccc(C(=O)NCc2cccc(CCl)c2)s1. The average Bonchev–Trinajstić information content (AvgIpc) is 2.83. The van der Waals surface area contributed by atoms with Crippen molar-refractivity contribution in [3.63, 3.8) is 0 Å². The van der Waals surface area contributed by atoms with E-state index in [2.05, 4.69) is 5.32 Å². The summed E-state index contributed by atoms with van der Waals surface area (Å²) in [5.74, 6) is 0.468. The van der Waals surface area contributed by atoms with Gasteiger partial charge < -0.3 is 5.32 Å². The molecule has 2 nitrogen and oxygen atoms in total. The van der Waals surface area contributed by atoms with E-state index in [0.717, 1.165) is 20.9 Å². The first-order chi connectivity index (χ1) is 8.69. The number of thiophene rings is 1. The molecule has 0 unspecified atom stereocenters. The first kappa shape index (κ1) is 13.1. The quantitative estimate of drug-likeness (QED) is 0.849. The van der Waals surface area contributed by atoms with Crippen molar-refractivity contribution < 1.29 is 4.79 Å². The molecule has 2 aromatic rings. The molecule has 1 aromatic heterocycles. The third-order valence-electron chi connectivity index (χ3n) is 2.56. The molecular formula is C14H14ClNOS. The Balaban J connectivity index is 1.97. The van der Waals surface area contributed by atoms with E-state index in [1.54, 1.807) is 0 Å². The fourth-order valence-corrected chi connectivity index (χ4v) is 2.60. The summed E-state index contributed by atoms with van der Waals surface area (Å²) in [6.07, 6.45) is 0. The highest BCUT2D eigenvalue weighted by molar-refractivity contribution is 7.13. The smallest absolute Gasteiger partial charge is 0.261 e. The Labute approximate surface area is 116 Å². The predicted octanol–water partition coefficient (Wildman–Crippen LogP) is 3.73. The average molecular weight is 280 g/mol. The van der Waals surface area contributed by atoms with Crippen molar-refractivity contribution in [2.75, 3.05) is 0 Å². The Morgan fingerprint density at radius 1 is 1.28 bits per heavy atom. The number of nitrogens with one attached hydrogen (secondary N) is 1. The van der Waals surface area contributed by atoms with Crippen molar-refractivity contribution in [1.82, 2.24) is 5.32 Å². The van der Waals surface area contributed by atoms with Crippen LogP contribution < -0.4 is 5.32 Å². The lowest BCUT2D eigenvalue weighted by Gasteiger charge is -2.05. The van der Waals surface area contributed by atoms with Crippen LogP contribution in [-0.4, -0.2) is 5.91 Å². The first-order valence-corrected chi connectivity index (χ1v) is 7.02. The van der Waals surface area contributed by atoms with Crippen LogP contribution >= 0.6 is 22.9 Å². The van der Waals surface area contributed by atoms with Crippen molar-refractivity contribution in [1.29, 1.82) is 0 Å². The number of benzene rings is 1. The summed E-state index contributed by atoms with van der Waals surface area (Å²) < 4.78 is 0. The normalized spacial score (nSPS) is 10.3. The summed E-state index contributed by atoms with van der Waals surface area (Å²) in [7, 11) is 0. The zero-order valence-corrected chi connectivity index (χ0v) is 11.6. The Hall–Kier alpha value is -1.32. The standard InChI is InChI=1S/C14H14ClNOS/c1-10-5-6-13(18-10)14(17)16-9-12-4-2-3-11(7-12)8-15/h2-7H,8-9H2,1H3,(H,16,17). The molecule has 0 bridgehead atoms. The highest BCUT2D eigenvalue weighted by atomic mass is 35.5. The van der Waals surface area contributed by atoms with E-state index in [0.29, 0.717) is 12.4 Å². The lowest BCUT2D eigenvalue weighted by Crippen LogP contribution is -2.21. The lowest BCUT2D eigenvalue weighted by molar-refractivity contribution is 0.0955. The van der Waals surface area contributed by atoms with Crippen LogP contribution in [0.25, 0.3) is 0 Å². The number of hydrogen-bond donors (Lipinski definition) is 1. The van der Waals surface area contributed by atoms with Gasteiger partial charge in [-0.3, -0.25) is 4.79 Å². The highest BCUT2D eigenvalue weighted by Crippen LogP contribution is 2.15. The van der Waals surface area contributed by atoms with Gasteiger partial charge in [0.15, 0.2) is 0 Å². The number of hydrogen-bond acceptors (Lipinski definition) is 2. The molecule has 0 saturated carbocycles. The van der Waals surface area contributed by atoms with Crippen LogP contribution in [0.5, 0.6) is 0 Å². The van der Waals surface area contributed by atoms with E-state index >= 15 is 0 Å². The maximum atomic E-state index is 11.9. The summed E-state index contributed by atoms with van der Waals surface area (Å²) in [6.45, 7) is 2.52. The van der Waals surface area contributed by atoms with Gasteiger partial charge in [0.2, 0.25) is 0 Å². The van der Waals surface area contributed by atoms with Crippen molar-refractivity contribution in [3.8, 4) is 0 Å². The lowest BCUT2D eigenvalue weighted by atomic mass is 10.1. The fraction of sp³-hybridized carbons (Fsp3) is 0.214. The Bertz CT molecular complexity index is 550. The number of aryl methyl sites for hydroxylation is 1. The van der Waals surface area contributed by atoms with Crippen LogP contribution in [0.15, 0.2) is 36.4 Å². The summed E-state index contributed by atoms with van der Waals surface area (Å²) in [5.41, 5.74) is 2.13. The maximum absolute atomic E-state index is 11.9. The van der Waals surface area contributed by atoms with Gasteiger partial charge in [-0.1, -0.05) is 24.3 Å². The molecular weight excluding hydrogens is 266 g/mol. The Morgan fingerprint density at radius 2 is 2.06 bits per heavy atom. The molecule has 0 aliphatic rings. The molecule has 0 fully saturated rings. The molecule has 1 heterocycles. The molecule has 1 aromatic carbocycles. The van der Waals surface area contributed by atoms with Gasteiger partial charge in [0.1, 0.15) is 0 Å². The van der Waals surface area contributed by atoms with Gasteiger partial charge in [-0.25, -0.2) is 0 Å². The van der Waals surface area contributed by atoms with E-state index in [4.69, 9.17) is 11.6 Å².